The Morgan fingerprint density at radius 3 is 2.69 bits per heavy atom. The van der Waals surface area contributed by atoms with Gasteiger partial charge in [0.25, 0.3) is 0 Å². The molecule has 0 rings (SSSR count). The molecular formula is C13H25NO2. The van der Waals surface area contributed by atoms with Crippen LogP contribution in [0.15, 0.2) is 12.7 Å². The molecule has 1 N–H and O–H groups in total. The average molecular weight is 227 g/mol. The molecule has 0 bridgehead atoms. The van der Waals surface area contributed by atoms with Crippen LogP contribution >= 0.6 is 0 Å². The highest BCUT2D eigenvalue weighted by molar-refractivity contribution is 5.69. The molecule has 0 radical (unpaired) electrons. The maximum absolute atomic E-state index is 11.0. The summed E-state index contributed by atoms with van der Waals surface area (Å²) >= 11 is 0. The monoisotopic (exact) mass is 227 g/mol. The van der Waals surface area contributed by atoms with Crippen molar-refractivity contribution in [2.24, 2.45) is 0 Å². The lowest BCUT2D eigenvalue weighted by atomic mass is 10.2. The summed E-state index contributed by atoms with van der Waals surface area (Å²) in [5, 5.41) is 3.33. The number of rotatable bonds is 11. The van der Waals surface area contributed by atoms with Crippen molar-refractivity contribution < 1.29 is 9.53 Å². The Kier molecular flexibility index (Phi) is 11.6. The zero-order chi connectivity index (χ0) is 12.1. The SMILES string of the molecule is C=CCCCCCNCCCC(=O)OCC. The molecule has 0 aliphatic rings. The highest BCUT2D eigenvalue weighted by Gasteiger charge is 1.99. The van der Waals surface area contributed by atoms with Gasteiger partial charge in [-0.05, 0) is 45.7 Å². The molecule has 0 heterocycles. The molecule has 0 saturated carbocycles. The largest absolute Gasteiger partial charge is 0.466 e. The predicted molar refractivity (Wildman–Crippen MR) is 67.4 cm³/mol. The lowest BCUT2D eigenvalue weighted by Crippen LogP contribution is -2.18. The van der Waals surface area contributed by atoms with Gasteiger partial charge in [-0.15, -0.1) is 6.58 Å². The van der Waals surface area contributed by atoms with Crippen LogP contribution in [0.2, 0.25) is 0 Å². The number of carbonyl (C=O) groups is 1. The Hall–Kier alpha value is -0.830. The number of hydrogen-bond acceptors (Lipinski definition) is 3. The number of carbonyl (C=O) groups excluding carboxylic acids is 1. The van der Waals surface area contributed by atoms with Crippen molar-refractivity contribution in [2.45, 2.75) is 45.4 Å². The summed E-state index contributed by atoms with van der Waals surface area (Å²) in [4.78, 5) is 11.0. The second-order valence-corrected chi connectivity index (χ2v) is 3.80. The third-order valence-corrected chi connectivity index (χ3v) is 2.30. The summed E-state index contributed by atoms with van der Waals surface area (Å²) in [6, 6.07) is 0. The van der Waals surface area contributed by atoms with Crippen molar-refractivity contribution in [3.63, 3.8) is 0 Å². The van der Waals surface area contributed by atoms with E-state index in [0.29, 0.717) is 13.0 Å². The summed E-state index contributed by atoms with van der Waals surface area (Å²) in [5.74, 6) is -0.0877. The highest BCUT2D eigenvalue weighted by Crippen LogP contribution is 1.98. The molecule has 16 heavy (non-hydrogen) atoms. The molecule has 0 aromatic carbocycles. The second kappa shape index (κ2) is 12.2. The number of hydrogen-bond donors (Lipinski definition) is 1. The van der Waals surface area contributed by atoms with Crippen molar-refractivity contribution in [3.05, 3.63) is 12.7 Å². The number of unbranched alkanes of at least 4 members (excludes halogenated alkanes) is 3. The van der Waals surface area contributed by atoms with E-state index in [2.05, 4.69) is 11.9 Å². The molecule has 0 atom stereocenters. The number of esters is 1. The molecule has 0 unspecified atom stereocenters. The topological polar surface area (TPSA) is 38.3 Å². The number of ether oxygens (including phenoxy) is 1. The lowest BCUT2D eigenvalue weighted by molar-refractivity contribution is -0.143. The Morgan fingerprint density at radius 2 is 2.00 bits per heavy atom. The van der Waals surface area contributed by atoms with Crippen molar-refractivity contribution in [1.82, 2.24) is 5.32 Å². The van der Waals surface area contributed by atoms with E-state index in [1.807, 2.05) is 13.0 Å². The fraction of sp³-hybridized carbons (Fsp3) is 0.769. The van der Waals surface area contributed by atoms with E-state index in [9.17, 15) is 4.79 Å². The smallest absolute Gasteiger partial charge is 0.305 e. The zero-order valence-electron chi connectivity index (χ0n) is 10.5. The van der Waals surface area contributed by atoms with Crippen LogP contribution in [0.25, 0.3) is 0 Å². The molecule has 0 saturated heterocycles. The molecule has 0 aromatic heterocycles. The predicted octanol–water partition coefficient (Wildman–Crippen LogP) is 2.67. The first-order valence-corrected chi connectivity index (χ1v) is 6.28. The molecule has 0 spiro atoms. The van der Waals surface area contributed by atoms with Gasteiger partial charge < -0.3 is 10.1 Å². The van der Waals surface area contributed by atoms with E-state index in [4.69, 9.17) is 4.74 Å². The molecule has 0 aliphatic heterocycles. The first-order valence-electron chi connectivity index (χ1n) is 6.28. The molecule has 0 amide bonds. The molecule has 3 heteroatoms. The van der Waals surface area contributed by atoms with E-state index in [1.165, 1.54) is 19.3 Å². The zero-order valence-corrected chi connectivity index (χ0v) is 10.5. The van der Waals surface area contributed by atoms with E-state index in [0.717, 1.165) is 25.9 Å². The fourth-order valence-corrected chi connectivity index (χ4v) is 1.43. The van der Waals surface area contributed by atoms with Crippen LogP contribution in [0.5, 0.6) is 0 Å². The highest BCUT2D eigenvalue weighted by atomic mass is 16.5. The summed E-state index contributed by atoms with van der Waals surface area (Å²) < 4.78 is 4.84. The van der Waals surface area contributed by atoms with Crippen LogP contribution in [-0.4, -0.2) is 25.7 Å². The lowest BCUT2D eigenvalue weighted by Gasteiger charge is -2.04. The van der Waals surface area contributed by atoms with Gasteiger partial charge in [-0.3, -0.25) is 4.79 Å². The van der Waals surface area contributed by atoms with Gasteiger partial charge in [-0.1, -0.05) is 12.5 Å². The first kappa shape index (κ1) is 15.2. The van der Waals surface area contributed by atoms with Crippen LogP contribution in [0.3, 0.4) is 0 Å². The maximum atomic E-state index is 11.0. The minimum atomic E-state index is -0.0877. The van der Waals surface area contributed by atoms with Gasteiger partial charge in [0.05, 0.1) is 6.61 Å². The fourth-order valence-electron chi connectivity index (χ4n) is 1.43. The quantitative estimate of drug-likeness (QED) is 0.335. The third-order valence-electron chi connectivity index (χ3n) is 2.30. The Balaban J connectivity index is 3.03. The van der Waals surface area contributed by atoms with Gasteiger partial charge in [0.1, 0.15) is 0 Å². The van der Waals surface area contributed by atoms with Gasteiger partial charge >= 0.3 is 5.97 Å². The van der Waals surface area contributed by atoms with Crippen molar-refractivity contribution in [2.75, 3.05) is 19.7 Å². The van der Waals surface area contributed by atoms with Gasteiger partial charge in [-0.2, -0.15) is 0 Å². The minimum Gasteiger partial charge on any atom is -0.466 e. The van der Waals surface area contributed by atoms with Gasteiger partial charge in [0, 0.05) is 6.42 Å². The van der Waals surface area contributed by atoms with Crippen molar-refractivity contribution in [3.8, 4) is 0 Å². The van der Waals surface area contributed by atoms with Gasteiger partial charge in [0.15, 0.2) is 0 Å². The standard InChI is InChI=1S/C13H25NO2/c1-3-5-6-7-8-11-14-12-9-10-13(15)16-4-2/h3,14H,1,4-12H2,2H3. The van der Waals surface area contributed by atoms with Crippen LogP contribution in [0, 0.1) is 0 Å². The minimum absolute atomic E-state index is 0.0877. The van der Waals surface area contributed by atoms with Gasteiger partial charge in [0.2, 0.25) is 0 Å². The first-order chi connectivity index (χ1) is 7.81. The molecular weight excluding hydrogens is 202 g/mol. The maximum Gasteiger partial charge on any atom is 0.305 e. The molecule has 3 nitrogen and oxygen atoms in total. The molecule has 0 aromatic rings. The molecule has 94 valence electrons. The third kappa shape index (κ3) is 11.2. The Bertz CT molecular complexity index is 181. The van der Waals surface area contributed by atoms with Crippen molar-refractivity contribution >= 4 is 5.97 Å². The van der Waals surface area contributed by atoms with Crippen LogP contribution in [-0.2, 0) is 9.53 Å². The summed E-state index contributed by atoms with van der Waals surface area (Å²) in [7, 11) is 0. The molecule has 0 fully saturated rings. The summed E-state index contributed by atoms with van der Waals surface area (Å²) in [6.45, 7) is 7.95. The van der Waals surface area contributed by atoms with E-state index < -0.39 is 0 Å². The van der Waals surface area contributed by atoms with E-state index in [-0.39, 0.29) is 5.97 Å². The summed E-state index contributed by atoms with van der Waals surface area (Å²) in [6.07, 6.45) is 8.15. The summed E-state index contributed by atoms with van der Waals surface area (Å²) in [5.41, 5.74) is 0. The number of nitrogens with one attached hydrogen (secondary N) is 1. The average Bonchev–Trinajstić information content (AvgIpc) is 2.27. The van der Waals surface area contributed by atoms with E-state index in [1.54, 1.807) is 0 Å². The van der Waals surface area contributed by atoms with Crippen molar-refractivity contribution in [1.29, 1.82) is 0 Å². The van der Waals surface area contributed by atoms with E-state index >= 15 is 0 Å². The van der Waals surface area contributed by atoms with Gasteiger partial charge in [-0.25, -0.2) is 0 Å². The Morgan fingerprint density at radius 1 is 1.25 bits per heavy atom. The number of allylic oxidation sites excluding steroid dienone is 1. The normalized spacial score (nSPS) is 10.1. The van der Waals surface area contributed by atoms with Crippen LogP contribution in [0.4, 0.5) is 0 Å². The Labute approximate surface area is 99.3 Å². The van der Waals surface area contributed by atoms with Crippen LogP contribution in [0.1, 0.15) is 45.4 Å². The molecule has 0 aliphatic carbocycles. The second-order valence-electron chi connectivity index (χ2n) is 3.80. The van der Waals surface area contributed by atoms with Crippen LogP contribution < -0.4 is 5.32 Å².